The Morgan fingerprint density at radius 2 is 0.700 bits per heavy atom. The Morgan fingerprint density at radius 3 is 1.10 bits per heavy atom. The molecule has 0 aromatic heterocycles. The molecule has 5 rings (SSSR count). The highest BCUT2D eigenvalue weighted by Crippen LogP contribution is 2.31. The normalized spacial score (nSPS) is 11.0. The third kappa shape index (κ3) is 3.37. The van der Waals surface area contributed by atoms with Crippen LogP contribution in [0.3, 0.4) is 0 Å². The van der Waals surface area contributed by atoms with E-state index in [1.165, 1.54) is 44.3 Å². The molecule has 0 N–H and O–H groups in total. The van der Waals surface area contributed by atoms with Gasteiger partial charge in [-0.15, -0.1) is 0 Å². The molecule has 30 heavy (non-hydrogen) atoms. The highest BCUT2D eigenvalue weighted by molar-refractivity contribution is 5.88. The third-order valence-corrected chi connectivity index (χ3v) is 5.87. The van der Waals surface area contributed by atoms with E-state index in [2.05, 4.69) is 133 Å². The van der Waals surface area contributed by atoms with Crippen molar-refractivity contribution >= 4 is 44.3 Å². The molecule has 0 aliphatic heterocycles. The van der Waals surface area contributed by atoms with Crippen molar-refractivity contribution in [3.63, 3.8) is 0 Å². The molecule has 0 heterocycles. The van der Waals surface area contributed by atoms with Crippen LogP contribution >= 0.6 is 0 Å². The fourth-order valence-electron chi connectivity index (χ4n) is 3.97. The van der Waals surface area contributed by atoms with Crippen LogP contribution in [0.25, 0.3) is 21.5 Å². The average Bonchev–Trinajstić information content (AvgIpc) is 2.82. The Bertz CT molecular complexity index is 1220. The summed E-state index contributed by atoms with van der Waals surface area (Å²) in [6.07, 6.45) is 0. The fourth-order valence-corrected chi connectivity index (χ4v) is 3.97. The van der Waals surface area contributed by atoms with Crippen LogP contribution in [0.1, 0.15) is 0 Å². The van der Waals surface area contributed by atoms with Crippen LogP contribution in [0, 0.1) is 0 Å². The van der Waals surface area contributed by atoms with Crippen LogP contribution < -0.4 is 9.80 Å². The molecule has 0 bridgehead atoms. The molecule has 0 aliphatic rings. The summed E-state index contributed by atoms with van der Waals surface area (Å²) in [7, 11) is 4.23. The Kier molecular flexibility index (Phi) is 4.61. The number of hydrogen-bond acceptors (Lipinski definition) is 2. The third-order valence-electron chi connectivity index (χ3n) is 5.87. The summed E-state index contributed by atoms with van der Waals surface area (Å²) in [5.74, 6) is 0. The quantitative estimate of drug-likeness (QED) is 0.314. The van der Waals surface area contributed by atoms with Crippen LogP contribution in [-0.2, 0) is 0 Å². The van der Waals surface area contributed by atoms with Gasteiger partial charge in [0, 0.05) is 36.8 Å². The SMILES string of the molecule is CN(c1ccc(N(C)c2ccc3ccccc3c2)cc1)c1ccc2ccccc2c1. The summed E-state index contributed by atoms with van der Waals surface area (Å²) in [5.41, 5.74) is 4.70. The molecule has 2 heteroatoms. The van der Waals surface area contributed by atoms with Crippen LogP contribution in [0.15, 0.2) is 109 Å². The number of fused-ring (bicyclic) bond motifs is 2. The molecule has 0 atom stereocenters. The molecule has 5 aromatic carbocycles. The molecular weight excluding hydrogens is 364 g/mol. The van der Waals surface area contributed by atoms with Crippen molar-refractivity contribution in [2.24, 2.45) is 0 Å². The maximum atomic E-state index is 2.24. The number of anilines is 4. The zero-order valence-corrected chi connectivity index (χ0v) is 17.3. The molecule has 146 valence electrons. The summed E-state index contributed by atoms with van der Waals surface area (Å²) >= 11 is 0. The minimum absolute atomic E-state index is 1.17. The van der Waals surface area contributed by atoms with Gasteiger partial charge in [-0.25, -0.2) is 0 Å². The molecule has 0 fully saturated rings. The van der Waals surface area contributed by atoms with Gasteiger partial charge in [-0.3, -0.25) is 0 Å². The topological polar surface area (TPSA) is 6.48 Å². The number of benzene rings is 5. The van der Waals surface area contributed by atoms with Crippen molar-refractivity contribution < 1.29 is 0 Å². The van der Waals surface area contributed by atoms with Gasteiger partial charge >= 0.3 is 0 Å². The van der Waals surface area contributed by atoms with Crippen LogP contribution in [-0.4, -0.2) is 14.1 Å². The lowest BCUT2D eigenvalue weighted by atomic mass is 10.1. The summed E-state index contributed by atoms with van der Waals surface area (Å²) in [5, 5.41) is 5.05. The van der Waals surface area contributed by atoms with Gasteiger partial charge in [-0.1, -0.05) is 60.7 Å². The Morgan fingerprint density at radius 1 is 0.367 bits per heavy atom. The average molecular weight is 389 g/mol. The lowest BCUT2D eigenvalue weighted by Gasteiger charge is -2.23. The van der Waals surface area contributed by atoms with E-state index in [0.29, 0.717) is 0 Å². The molecule has 0 saturated heterocycles. The van der Waals surface area contributed by atoms with E-state index in [1.807, 2.05) is 0 Å². The summed E-state index contributed by atoms with van der Waals surface area (Å²) in [6, 6.07) is 38.9. The van der Waals surface area contributed by atoms with Gasteiger partial charge in [0.25, 0.3) is 0 Å². The van der Waals surface area contributed by atoms with Gasteiger partial charge < -0.3 is 9.80 Å². The fraction of sp³-hybridized carbons (Fsp3) is 0.0714. The number of hydrogen-bond donors (Lipinski definition) is 0. The van der Waals surface area contributed by atoms with E-state index in [9.17, 15) is 0 Å². The minimum atomic E-state index is 1.17. The molecule has 0 aliphatic carbocycles. The lowest BCUT2D eigenvalue weighted by molar-refractivity contribution is 1.19. The van der Waals surface area contributed by atoms with Crippen molar-refractivity contribution in [3.05, 3.63) is 109 Å². The van der Waals surface area contributed by atoms with Gasteiger partial charge in [0.15, 0.2) is 0 Å². The predicted molar refractivity (Wildman–Crippen MR) is 130 cm³/mol. The zero-order chi connectivity index (χ0) is 20.5. The number of nitrogens with zero attached hydrogens (tertiary/aromatic N) is 2. The van der Waals surface area contributed by atoms with Gasteiger partial charge in [-0.05, 0) is 70.1 Å². The first-order valence-corrected chi connectivity index (χ1v) is 10.2. The Hall–Kier alpha value is -3.78. The maximum absolute atomic E-state index is 2.24. The molecule has 0 saturated carbocycles. The van der Waals surface area contributed by atoms with Crippen molar-refractivity contribution in [1.82, 2.24) is 0 Å². The van der Waals surface area contributed by atoms with E-state index in [0.717, 1.165) is 0 Å². The molecule has 0 radical (unpaired) electrons. The van der Waals surface area contributed by atoms with Crippen molar-refractivity contribution in [3.8, 4) is 0 Å². The largest absolute Gasteiger partial charge is 0.345 e. The summed E-state index contributed by atoms with van der Waals surface area (Å²) in [4.78, 5) is 4.46. The Labute approximate surface area is 177 Å². The second kappa shape index (κ2) is 7.57. The van der Waals surface area contributed by atoms with E-state index < -0.39 is 0 Å². The van der Waals surface area contributed by atoms with Gasteiger partial charge in [0.2, 0.25) is 0 Å². The summed E-state index contributed by atoms with van der Waals surface area (Å²) in [6.45, 7) is 0. The van der Waals surface area contributed by atoms with E-state index in [1.54, 1.807) is 0 Å². The predicted octanol–water partition coefficient (Wildman–Crippen LogP) is 7.53. The van der Waals surface area contributed by atoms with Crippen LogP contribution in [0.5, 0.6) is 0 Å². The first-order chi connectivity index (χ1) is 14.7. The zero-order valence-electron chi connectivity index (χ0n) is 17.3. The lowest BCUT2D eigenvalue weighted by Crippen LogP contribution is -2.11. The van der Waals surface area contributed by atoms with Crippen LogP contribution in [0.4, 0.5) is 22.7 Å². The van der Waals surface area contributed by atoms with Gasteiger partial charge in [0.05, 0.1) is 0 Å². The molecule has 0 amide bonds. The second-order valence-electron chi connectivity index (χ2n) is 7.70. The molecular formula is C28H24N2. The highest BCUT2D eigenvalue weighted by atomic mass is 15.1. The van der Waals surface area contributed by atoms with Crippen molar-refractivity contribution in [1.29, 1.82) is 0 Å². The van der Waals surface area contributed by atoms with E-state index in [-0.39, 0.29) is 0 Å². The van der Waals surface area contributed by atoms with Crippen LogP contribution in [0.2, 0.25) is 0 Å². The molecule has 0 unspecified atom stereocenters. The number of rotatable bonds is 4. The Balaban J connectivity index is 1.40. The van der Waals surface area contributed by atoms with Gasteiger partial charge in [0.1, 0.15) is 0 Å². The van der Waals surface area contributed by atoms with E-state index in [4.69, 9.17) is 0 Å². The molecule has 5 aromatic rings. The monoisotopic (exact) mass is 388 g/mol. The standard InChI is InChI=1S/C28H24N2/c1-29(27-13-11-21-7-3-5-9-23(21)19-27)25-15-17-26(18-16-25)30(2)28-14-12-22-8-4-6-10-24(22)20-28/h3-20H,1-2H3. The minimum Gasteiger partial charge on any atom is -0.345 e. The molecule has 0 spiro atoms. The van der Waals surface area contributed by atoms with Crippen molar-refractivity contribution in [2.75, 3.05) is 23.9 Å². The van der Waals surface area contributed by atoms with Gasteiger partial charge in [-0.2, -0.15) is 0 Å². The first kappa shape index (κ1) is 18.3. The second-order valence-corrected chi connectivity index (χ2v) is 7.70. The first-order valence-electron chi connectivity index (χ1n) is 10.2. The summed E-state index contributed by atoms with van der Waals surface area (Å²) < 4.78 is 0. The van der Waals surface area contributed by atoms with Crippen molar-refractivity contribution in [2.45, 2.75) is 0 Å². The highest BCUT2D eigenvalue weighted by Gasteiger charge is 2.08. The molecule has 2 nitrogen and oxygen atoms in total. The maximum Gasteiger partial charge on any atom is 0.0414 e. The smallest absolute Gasteiger partial charge is 0.0414 e. The van der Waals surface area contributed by atoms with E-state index >= 15 is 0 Å².